The highest BCUT2D eigenvalue weighted by Crippen LogP contribution is 2.18. The third-order valence-electron chi connectivity index (χ3n) is 3.81. The number of carbonyl (C=O) groups is 1. The summed E-state index contributed by atoms with van der Waals surface area (Å²) in [6.45, 7) is 8.38. The first-order chi connectivity index (χ1) is 10.1. The minimum atomic E-state index is -0.877. The summed E-state index contributed by atoms with van der Waals surface area (Å²) in [6.07, 6.45) is -0.722. The predicted molar refractivity (Wildman–Crippen MR) is 82.9 cm³/mol. The van der Waals surface area contributed by atoms with E-state index < -0.39 is 12.1 Å². The molecule has 0 aromatic heterocycles. The highest BCUT2D eigenvalue weighted by molar-refractivity contribution is 5.72. The lowest BCUT2D eigenvalue weighted by molar-refractivity contribution is -0.151. The average Bonchev–Trinajstić information content (AvgIpc) is 2.47. The molecule has 0 spiro atoms. The molecule has 116 valence electrons. The van der Waals surface area contributed by atoms with Crippen LogP contribution in [-0.2, 0) is 9.53 Å². The molecule has 0 saturated carbocycles. The van der Waals surface area contributed by atoms with Crippen LogP contribution in [0.4, 0.5) is 5.69 Å². The van der Waals surface area contributed by atoms with E-state index in [1.165, 1.54) is 11.3 Å². The summed E-state index contributed by atoms with van der Waals surface area (Å²) in [6, 6.07) is 8.49. The number of aryl methyl sites for hydroxylation is 1. The molecular weight excluding hydrogens is 268 g/mol. The molecule has 1 aliphatic rings. The fourth-order valence-electron chi connectivity index (χ4n) is 2.65. The van der Waals surface area contributed by atoms with E-state index in [4.69, 9.17) is 9.84 Å². The number of nitrogens with zero attached hydrogens (tertiary/aromatic N) is 2. The maximum Gasteiger partial charge on any atom is 0.334 e. The second-order valence-electron chi connectivity index (χ2n) is 5.41. The molecule has 2 rings (SSSR count). The minimum Gasteiger partial charge on any atom is -0.479 e. The molecule has 1 unspecified atom stereocenters. The predicted octanol–water partition coefficient (Wildman–Crippen LogP) is 1.61. The maximum atomic E-state index is 11.1. The van der Waals surface area contributed by atoms with Crippen LogP contribution in [0.15, 0.2) is 24.3 Å². The number of piperazine rings is 1. The molecule has 5 nitrogen and oxygen atoms in total. The highest BCUT2D eigenvalue weighted by atomic mass is 16.5. The van der Waals surface area contributed by atoms with Gasteiger partial charge in [0.1, 0.15) is 0 Å². The zero-order chi connectivity index (χ0) is 15.2. The van der Waals surface area contributed by atoms with Crippen LogP contribution in [0.5, 0.6) is 0 Å². The smallest absolute Gasteiger partial charge is 0.334 e. The van der Waals surface area contributed by atoms with Crippen molar-refractivity contribution in [2.24, 2.45) is 0 Å². The molecule has 1 heterocycles. The van der Waals surface area contributed by atoms with Crippen molar-refractivity contribution in [3.05, 3.63) is 29.8 Å². The molecular formula is C16H24N2O3. The van der Waals surface area contributed by atoms with Crippen molar-refractivity contribution in [2.75, 3.05) is 44.2 Å². The first kappa shape index (κ1) is 15.8. The number of hydrogen-bond acceptors (Lipinski definition) is 4. The van der Waals surface area contributed by atoms with Crippen LogP contribution in [-0.4, -0.2) is 61.4 Å². The largest absolute Gasteiger partial charge is 0.479 e. The van der Waals surface area contributed by atoms with Gasteiger partial charge >= 0.3 is 5.97 Å². The minimum absolute atomic E-state index is 0.431. The fourth-order valence-corrected chi connectivity index (χ4v) is 2.65. The second kappa shape index (κ2) is 7.43. The number of rotatable bonds is 6. The van der Waals surface area contributed by atoms with Crippen LogP contribution in [0, 0.1) is 6.92 Å². The van der Waals surface area contributed by atoms with Crippen molar-refractivity contribution in [3.8, 4) is 0 Å². The van der Waals surface area contributed by atoms with Gasteiger partial charge < -0.3 is 14.7 Å². The first-order valence-electron chi connectivity index (χ1n) is 7.48. The molecule has 0 aliphatic carbocycles. The Bertz CT molecular complexity index is 470. The van der Waals surface area contributed by atoms with Crippen LogP contribution < -0.4 is 4.90 Å². The van der Waals surface area contributed by atoms with E-state index in [2.05, 4.69) is 41.0 Å². The van der Waals surface area contributed by atoms with E-state index in [0.717, 1.165) is 26.2 Å². The molecule has 1 fully saturated rings. The van der Waals surface area contributed by atoms with E-state index in [0.29, 0.717) is 13.2 Å². The number of carboxylic acids is 1. The summed E-state index contributed by atoms with van der Waals surface area (Å²) in [4.78, 5) is 15.6. The van der Waals surface area contributed by atoms with Crippen LogP contribution in [0.2, 0.25) is 0 Å². The van der Waals surface area contributed by atoms with Gasteiger partial charge in [-0.3, -0.25) is 4.90 Å². The number of carboxylic acid groups (broad SMARTS) is 1. The molecule has 1 aliphatic heterocycles. The quantitative estimate of drug-likeness (QED) is 0.863. The number of anilines is 1. The van der Waals surface area contributed by atoms with Gasteiger partial charge in [-0.05, 0) is 31.5 Å². The SMILES string of the molecule is CCOC(CN1CCN(c2cccc(C)c2)CC1)C(=O)O. The lowest BCUT2D eigenvalue weighted by atomic mass is 10.2. The Labute approximate surface area is 126 Å². The summed E-state index contributed by atoms with van der Waals surface area (Å²) in [7, 11) is 0. The standard InChI is InChI=1S/C16H24N2O3/c1-3-21-15(16(19)20)12-17-7-9-18(10-8-17)14-6-4-5-13(2)11-14/h4-6,11,15H,3,7-10,12H2,1-2H3,(H,19,20). The molecule has 1 atom stereocenters. The fraction of sp³-hybridized carbons (Fsp3) is 0.562. The van der Waals surface area contributed by atoms with E-state index in [-0.39, 0.29) is 0 Å². The van der Waals surface area contributed by atoms with E-state index in [1.54, 1.807) is 0 Å². The van der Waals surface area contributed by atoms with E-state index in [1.807, 2.05) is 6.92 Å². The number of benzene rings is 1. The lowest BCUT2D eigenvalue weighted by Gasteiger charge is -2.37. The number of hydrogen-bond donors (Lipinski definition) is 1. The van der Waals surface area contributed by atoms with Crippen molar-refractivity contribution < 1.29 is 14.6 Å². The van der Waals surface area contributed by atoms with Gasteiger partial charge in [0.05, 0.1) is 0 Å². The molecule has 0 bridgehead atoms. The summed E-state index contributed by atoms with van der Waals surface area (Å²) >= 11 is 0. The monoisotopic (exact) mass is 292 g/mol. The summed E-state index contributed by atoms with van der Waals surface area (Å²) in [5.41, 5.74) is 2.51. The Kier molecular flexibility index (Phi) is 5.59. The van der Waals surface area contributed by atoms with E-state index in [9.17, 15) is 4.79 Å². The Morgan fingerprint density at radius 3 is 2.62 bits per heavy atom. The molecule has 21 heavy (non-hydrogen) atoms. The van der Waals surface area contributed by atoms with Crippen molar-refractivity contribution in [1.82, 2.24) is 4.90 Å². The van der Waals surface area contributed by atoms with Gasteiger partial charge in [0, 0.05) is 45.0 Å². The van der Waals surface area contributed by atoms with Gasteiger partial charge in [0.2, 0.25) is 0 Å². The topological polar surface area (TPSA) is 53.0 Å². The molecule has 5 heteroatoms. The summed E-state index contributed by atoms with van der Waals surface area (Å²) < 4.78 is 5.28. The van der Waals surface area contributed by atoms with Gasteiger partial charge in [-0.1, -0.05) is 12.1 Å². The van der Waals surface area contributed by atoms with Crippen molar-refractivity contribution >= 4 is 11.7 Å². The summed E-state index contributed by atoms with van der Waals surface area (Å²) in [5.74, 6) is -0.877. The zero-order valence-electron chi connectivity index (χ0n) is 12.8. The third-order valence-corrected chi connectivity index (χ3v) is 3.81. The molecule has 1 saturated heterocycles. The zero-order valence-corrected chi connectivity index (χ0v) is 12.8. The van der Waals surface area contributed by atoms with Crippen LogP contribution >= 0.6 is 0 Å². The van der Waals surface area contributed by atoms with Crippen LogP contribution in [0.3, 0.4) is 0 Å². The second-order valence-corrected chi connectivity index (χ2v) is 5.41. The van der Waals surface area contributed by atoms with Gasteiger partial charge in [-0.15, -0.1) is 0 Å². The normalized spacial score (nSPS) is 17.7. The number of ether oxygens (including phenoxy) is 1. The average molecular weight is 292 g/mol. The van der Waals surface area contributed by atoms with Crippen molar-refractivity contribution in [2.45, 2.75) is 20.0 Å². The Hall–Kier alpha value is -1.59. The number of aliphatic carboxylic acids is 1. The third kappa shape index (κ3) is 4.44. The lowest BCUT2D eigenvalue weighted by Crippen LogP contribution is -2.50. The van der Waals surface area contributed by atoms with Crippen LogP contribution in [0.25, 0.3) is 0 Å². The summed E-state index contributed by atoms with van der Waals surface area (Å²) in [5, 5.41) is 9.13. The molecule has 0 radical (unpaired) electrons. The Morgan fingerprint density at radius 1 is 1.33 bits per heavy atom. The van der Waals surface area contributed by atoms with Crippen LogP contribution in [0.1, 0.15) is 12.5 Å². The van der Waals surface area contributed by atoms with Gasteiger partial charge in [-0.2, -0.15) is 0 Å². The molecule has 1 N–H and O–H groups in total. The molecule has 1 aromatic rings. The van der Waals surface area contributed by atoms with Gasteiger partial charge in [-0.25, -0.2) is 4.79 Å². The van der Waals surface area contributed by atoms with Crippen molar-refractivity contribution in [1.29, 1.82) is 0 Å². The Balaban J connectivity index is 1.86. The van der Waals surface area contributed by atoms with Gasteiger partial charge in [0.15, 0.2) is 6.10 Å². The van der Waals surface area contributed by atoms with E-state index >= 15 is 0 Å². The van der Waals surface area contributed by atoms with Crippen molar-refractivity contribution in [3.63, 3.8) is 0 Å². The Morgan fingerprint density at radius 2 is 2.05 bits per heavy atom. The molecule has 0 amide bonds. The highest BCUT2D eigenvalue weighted by Gasteiger charge is 2.24. The van der Waals surface area contributed by atoms with Gasteiger partial charge in [0.25, 0.3) is 0 Å². The maximum absolute atomic E-state index is 11.1. The first-order valence-corrected chi connectivity index (χ1v) is 7.48. The molecule has 1 aromatic carbocycles.